The van der Waals surface area contributed by atoms with E-state index >= 15 is 0 Å². The predicted molar refractivity (Wildman–Crippen MR) is 135 cm³/mol. The number of rotatable bonds is 11. The molecule has 0 saturated carbocycles. The van der Waals surface area contributed by atoms with E-state index in [1.165, 1.54) is 30.6 Å². The Morgan fingerprint density at radius 3 is 2.39 bits per heavy atom. The molecular weight excluding hydrogens is 460 g/mol. The Labute approximate surface area is 203 Å². The topological polar surface area (TPSA) is 109 Å². The summed E-state index contributed by atoms with van der Waals surface area (Å²) in [5.74, 6) is -0.978. The molecule has 8 nitrogen and oxygen atoms in total. The van der Waals surface area contributed by atoms with Crippen LogP contribution in [0.1, 0.15) is 91.8 Å². The van der Waals surface area contributed by atoms with Crippen molar-refractivity contribution in [2.24, 2.45) is 0 Å². The lowest BCUT2D eigenvalue weighted by Gasteiger charge is -2.20. The lowest BCUT2D eigenvalue weighted by molar-refractivity contribution is 0.00705. The first kappa shape index (κ1) is 26.8. The monoisotopic (exact) mass is 494 g/mol. The largest absolute Gasteiger partial charge is 0.456 e. The Morgan fingerprint density at radius 2 is 1.76 bits per heavy atom. The van der Waals surface area contributed by atoms with Crippen LogP contribution >= 0.6 is 22.7 Å². The fourth-order valence-electron chi connectivity index (χ4n) is 3.09. The zero-order chi connectivity index (χ0) is 24.4. The Hall–Kier alpha value is -2.46. The minimum Gasteiger partial charge on any atom is -0.456 e. The molecule has 0 bridgehead atoms. The second-order valence-corrected chi connectivity index (χ2v) is 10.6. The molecule has 0 spiro atoms. The van der Waals surface area contributed by atoms with Crippen LogP contribution in [0.3, 0.4) is 0 Å². The smallest absolute Gasteiger partial charge is 0.341 e. The third kappa shape index (κ3) is 8.77. The number of ether oxygens (including phenoxy) is 1. The molecule has 0 aliphatic carbocycles. The summed E-state index contributed by atoms with van der Waals surface area (Å²) in [6.07, 6.45) is 8.34. The van der Waals surface area contributed by atoms with E-state index in [0.29, 0.717) is 22.1 Å². The van der Waals surface area contributed by atoms with Crippen molar-refractivity contribution in [3.05, 3.63) is 27.6 Å². The number of unbranched alkanes of at least 4 members (excludes halogenated alkanes) is 5. The van der Waals surface area contributed by atoms with Crippen LogP contribution in [0.4, 0.5) is 14.9 Å². The van der Waals surface area contributed by atoms with Gasteiger partial charge in [0.05, 0.1) is 10.4 Å². The second kappa shape index (κ2) is 12.7. The molecule has 0 aromatic carbocycles. The number of urea groups is 1. The molecule has 2 aromatic rings. The molecule has 2 aromatic heterocycles. The molecule has 0 aliphatic rings. The lowest BCUT2D eigenvalue weighted by atomic mass is 10.1. The van der Waals surface area contributed by atoms with E-state index in [0.717, 1.165) is 30.6 Å². The van der Waals surface area contributed by atoms with E-state index in [4.69, 9.17) is 4.74 Å². The summed E-state index contributed by atoms with van der Waals surface area (Å²) in [6, 6.07) is -0.415. The number of carbonyl (C=O) groups excluding carboxylic acids is 3. The van der Waals surface area contributed by atoms with Gasteiger partial charge in [0.1, 0.15) is 10.6 Å². The average molecular weight is 495 g/mol. The van der Waals surface area contributed by atoms with Crippen molar-refractivity contribution in [1.82, 2.24) is 10.3 Å². The Balaban J connectivity index is 2.11. The van der Waals surface area contributed by atoms with Gasteiger partial charge in [0, 0.05) is 18.1 Å². The highest BCUT2D eigenvalue weighted by molar-refractivity contribution is 7.19. The van der Waals surface area contributed by atoms with Gasteiger partial charge in [-0.3, -0.25) is 15.4 Å². The number of esters is 1. The van der Waals surface area contributed by atoms with Crippen molar-refractivity contribution >= 4 is 50.7 Å². The van der Waals surface area contributed by atoms with Crippen LogP contribution in [0.5, 0.6) is 0 Å². The highest BCUT2D eigenvalue weighted by Gasteiger charge is 2.29. The van der Waals surface area contributed by atoms with E-state index in [2.05, 4.69) is 27.9 Å². The van der Waals surface area contributed by atoms with Gasteiger partial charge in [0.15, 0.2) is 5.13 Å². The molecule has 2 heterocycles. The number of hydrogen-bond acceptors (Lipinski definition) is 7. The van der Waals surface area contributed by atoms with E-state index in [-0.39, 0.29) is 10.6 Å². The maximum Gasteiger partial charge on any atom is 0.341 e. The number of thiazole rings is 1. The minimum atomic E-state index is -0.716. The second-order valence-electron chi connectivity index (χ2n) is 8.70. The zero-order valence-corrected chi connectivity index (χ0v) is 21.6. The van der Waals surface area contributed by atoms with E-state index in [1.54, 1.807) is 39.3 Å². The Bertz CT molecular complexity index is 933. The molecule has 0 atom stereocenters. The van der Waals surface area contributed by atoms with Gasteiger partial charge in [-0.1, -0.05) is 39.0 Å². The quantitative estimate of drug-likeness (QED) is 0.254. The van der Waals surface area contributed by atoms with E-state index in [9.17, 15) is 14.4 Å². The standard InChI is InChI=1S/C23H34N4O4S2/c1-6-7-8-9-10-11-12-24-21(30)27-19-16(20(29)31-23(3,4)5)15(2)17(33-19)18(28)26-22-25-13-14-32-22/h13-14H,6-12H2,1-5H3,(H2,24,27,30)(H,25,26,28). The Morgan fingerprint density at radius 1 is 1.06 bits per heavy atom. The summed E-state index contributed by atoms with van der Waals surface area (Å²) in [5, 5.41) is 10.8. The average Bonchev–Trinajstić information content (AvgIpc) is 3.33. The number of hydrogen-bond donors (Lipinski definition) is 3. The van der Waals surface area contributed by atoms with Crippen molar-refractivity contribution in [3.63, 3.8) is 0 Å². The summed E-state index contributed by atoms with van der Waals surface area (Å²) >= 11 is 2.34. The van der Waals surface area contributed by atoms with Crippen LogP contribution in [-0.2, 0) is 4.74 Å². The normalized spacial score (nSPS) is 11.2. The van der Waals surface area contributed by atoms with Gasteiger partial charge >= 0.3 is 12.0 Å². The molecular formula is C23H34N4O4S2. The first-order valence-electron chi connectivity index (χ1n) is 11.2. The van der Waals surface area contributed by atoms with Gasteiger partial charge in [-0.2, -0.15) is 0 Å². The van der Waals surface area contributed by atoms with Crippen molar-refractivity contribution in [1.29, 1.82) is 0 Å². The molecule has 3 N–H and O–H groups in total. The van der Waals surface area contributed by atoms with Crippen LogP contribution < -0.4 is 16.0 Å². The molecule has 0 unspecified atom stereocenters. The number of nitrogens with one attached hydrogen (secondary N) is 3. The van der Waals surface area contributed by atoms with Crippen molar-refractivity contribution in [2.75, 3.05) is 17.2 Å². The van der Waals surface area contributed by atoms with Crippen LogP contribution in [-0.4, -0.2) is 35.0 Å². The molecule has 0 aliphatic heterocycles. The number of carbonyl (C=O) groups is 3. The molecule has 33 heavy (non-hydrogen) atoms. The molecule has 0 saturated heterocycles. The van der Waals surface area contributed by atoms with Gasteiger partial charge < -0.3 is 10.1 Å². The molecule has 2 rings (SSSR count). The molecule has 3 amide bonds. The summed E-state index contributed by atoms with van der Waals surface area (Å²) in [5.41, 5.74) is -0.0741. The van der Waals surface area contributed by atoms with Crippen LogP contribution in [0, 0.1) is 6.92 Å². The molecule has 182 valence electrons. The van der Waals surface area contributed by atoms with Crippen molar-refractivity contribution in [3.8, 4) is 0 Å². The molecule has 0 radical (unpaired) electrons. The number of anilines is 2. The van der Waals surface area contributed by atoms with E-state index in [1.807, 2.05) is 0 Å². The minimum absolute atomic E-state index is 0.189. The summed E-state index contributed by atoms with van der Waals surface area (Å²) in [7, 11) is 0. The Kier molecular flexibility index (Phi) is 10.3. The number of nitrogens with zero attached hydrogens (tertiary/aromatic N) is 1. The van der Waals surface area contributed by atoms with Gasteiger partial charge in [-0.05, 0) is 39.7 Å². The van der Waals surface area contributed by atoms with Gasteiger partial charge in [0.2, 0.25) is 0 Å². The van der Waals surface area contributed by atoms with Crippen LogP contribution in [0.15, 0.2) is 11.6 Å². The number of thiophene rings is 1. The predicted octanol–water partition coefficient (Wildman–Crippen LogP) is 6.20. The van der Waals surface area contributed by atoms with Gasteiger partial charge in [-0.15, -0.1) is 22.7 Å². The summed E-state index contributed by atoms with van der Waals surface area (Å²) in [4.78, 5) is 42.5. The van der Waals surface area contributed by atoms with Crippen molar-refractivity contribution in [2.45, 2.75) is 78.7 Å². The molecule has 10 heteroatoms. The van der Waals surface area contributed by atoms with Crippen molar-refractivity contribution < 1.29 is 19.1 Å². The number of amides is 3. The maximum atomic E-state index is 12.9. The fraction of sp³-hybridized carbons (Fsp3) is 0.565. The lowest BCUT2D eigenvalue weighted by Crippen LogP contribution is -2.30. The van der Waals surface area contributed by atoms with E-state index < -0.39 is 23.5 Å². The van der Waals surface area contributed by atoms with Crippen LogP contribution in [0.25, 0.3) is 0 Å². The highest BCUT2D eigenvalue weighted by atomic mass is 32.1. The van der Waals surface area contributed by atoms with Crippen LogP contribution in [0.2, 0.25) is 0 Å². The van der Waals surface area contributed by atoms with Gasteiger partial charge in [0.25, 0.3) is 5.91 Å². The number of aromatic nitrogens is 1. The SMILES string of the molecule is CCCCCCCCNC(=O)Nc1sc(C(=O)Nc2nccs2)c(C)c1C(=O)OC(C)(C)C. The summed E-state index contributed by atoms with van der Waals surface area (Å²) < 4.78 is 5.53. The zero-order valence-electron chi connectivity index (χ0n) is 20.0. The first-order valence-corrected chi connectivity index (χ1v) is 12.9. The maximum absolute atomic E-state index is 12.9. The van der Waals surface area contributed by atoms with Gasteiger partial charge in [-0.25, -0.2) is 14.6 Å². The first-order chi connectivity index (χ1) is 15.6. The third-order valence-corrected chi connectivity index (χ3v) is 6.55. The fourth-order valence-corrected chi connectivity index (χ4v) is 4.70. The molecule has 0 fully saturated rings. The third-order valence-electron chi connectivity index (χ3n) is 4.65. The summed E-state index contributed by atoms with van der Waals surface area (Å²) in [6.45, 7) is 9.69. The highest BCUT2D eigenvalue weighted by Crippen LogP contribution is 2.35.